The second-order valence-electron chi connectivity index (χ2n) is 5.23. The maximum Gasteiger partial charge on any atom is 0.171 e. The van der Waals surface area contributed by atoms with Gasteiger partial charge in [0.25, 0.3) is 0 Å². The summed E-state index contributed by atoms with van der Waals surface area (Å²) in [6.45, 7) is 3.69. The van der Waals surface area contributed by atoms with Crippen LogP contribution in [0.25, 0.3) is 0 Å². The van der Waals surface area contributed by atoms with E-state index in [-0.39, 0.29) is 17.5 Å². The molecule has 108 valence electrons. The Morgan fingerprint density at radius 2 is 1.43 bits per heavy atom. The second-order valence-corrected chi connectivity index (χ2v) is 5.23. The van der Waals surface area contributed by atoms with E-state index in [0.717, 1.165) is 5.56 Å². The van der Waals surface area contributed by atoms with Crippen LogP contribution in [0, 0.1) is 5.92 Å². The molecule has 0 aliphatic rings. The van der Waals surface area contributed by atoms with E-state index in [9.17, 15) is 9.59 Å². The number of carbonyl (C=O) groups excluding carboxylic acids is 2. The van der Waals surface area contributed by atoms with Gasteiger partial charge >= 0.3 is 0 Å². The molecule has 21 heavy (non-hydrogen) atoms. The molecule has 2 nitrogen and oxygen atoms in total. The van der Waals surface area contributed by atoms with Gasteiger partial charge in [-0.15, -0.1) is 0 Å². The first kappa shape index (κ1) is 15.2. The Morgan fingerprint density at radius 3 is 1.95 bits per heavy atom. The third kappa shape index (κ3) is 3.46. The predicted molar refractivity (Wildman–Crippen MR) is 84.4 cm³/mol. The molecule has 2 aromatic rings. The van der Waals surface area contributed by atoms with Gasteiger partial charge in [-0.25, -0.2) is 0 Å². The standard InChI is InChI=1S/C19H20O2/c1-3-17(20)14(2)18(15-10-6-4-7-11-15)19(21)16-12-8-5-9-13-16/h4-14,18H,3H2,1-2H3. The Labute approximate surface area is 125 Å². The lowest BCUT2D eigenvalue weighted by Crippen LogP contribution is -2.26. The van der Waals surface area contributed by atoms with Gasteiger partial charge in [0.05, 0.1) is 5.92 Å². The highest BCUT2D eigenvalue weighted by atomic mass is 16.1. The van der Waals surface area contributed by atoms with E-state index >= 15 is 0 Å². The quantitative estimate of drug-likeness (QED) is 0.741. The molecule has 2 rings (SSSR count). The number of rotatable bonds is 6. The van der Waals surface area contributed by atoms with Gasteiger partial charge in [-0.3, -0.25) is 9.59 Å². The van der Waals surface area contributed by atoms with Crippen LogP contribution in [0.4, 0.5) is 0 Å². The minimum Gasteiger partial charge on any atom is -0.299 e. The van der Waals surface area contributed by atoms with Crippen LogP contribution in [0.1, 0.15) is 42.1 Å². The molecule has 0 fully saturated rings. The number of benzene rings is 2. The number of carbonyl (C=O) groups is 2. The van der Waals surface area contributed by atoms with E-state index in [1.807, 2.05) is 62.4 Å². The minimum absolute atomic E-state index is 0.0103. The monoisotopic (exact) mass is 280 g/mol. The van der Waals surface area contributed by atoms with Gasteiger partial charge in [-0.05, 0) is 5.56 Å². The highest BCUT2D eigenvalue weighted by Crippen LogP contribution is 2.30. The zero-order valence-corrected chi connectivity index (χ0v) is 12.5. The largest absolute Gasteiger partial charge is 0.299 e. The van der Waals surface area contributed by atoms with Crippen LogP contribution >= 0.6 is 0 Å². The molecule has 2 unspecified atom stereocenters. The van der Waals surface area contributed by atoms with E-state index in [1.165, 1.54) is 0 Å². The first-order chi connectivity index (χ1) is 10.1. The van der Waals surface area contributed by atoms with Crippen molar-refractivity contribution in [2.45, 2.75) is 26.2 Å². The molecule has 0 aliphatic carbocycles. The van der Waals surface area contributed by atoms with Gasteiger partial charge in [0.1, 0.15) is 5.78 Å². The van der Waals surface area contributed by atoms with Crippen LogP contribution < -0.4 is 0 Å². The number of hydrogen-bond donors (Lipinski definition) is 0. The van der Waals surface area contributed by atoms with Gasteiger partial charge < -0.3 is 0 Å². The molecule has 0 bridgehead atoms. The van der Waals surface area contributed by atoms with Crippen molar-refractivity contribution in [2.75, 3.05) is 0 Å². The first-order valence-corrected chi connectivity index (χ1v) is 7.32. The number of hydrogen-bond acceptors (Lipinski definition) is 2. The molecule has 0 saturated carbocycles. The maximum atomic E-state index is 12.9. The summed E-state index contributed by atoms with van der Waals surface area (Å²) in [5, 5.41) is 0. The normalized spacial score (nSPS) is 13.4. The highest BCUT2D eigenvalue weighted by molar-refractivity contribution is 6.03. The summed E-state index contributed by atoms with van der Waals surface area (Å²) in [4.78, 5) is 25.0. The molecule has 2 heteroatoms. The topological polar surface area (TPSA) is 34.1 Å². The van der Waals surface area contributed by atoms with E-state index in [1.54, 1.807) is 12.1 Å². The Kier molecular flexibility index (Phi) is 5.04. The van der Waals surface area contributed by atoms with E-state index in [4.69, 9.17) is 0 Å². The minimum atomic E-state index is -0.416. The highest BCUT2D eigenvalue weighted by Gasteiger charge is 2.31. The van der Waals surface area contributed by atoms with Crippen molar-refractivity contribution in [2.24, 2.45) is 5.92 Å². The molecule has 0 radical (unpaired) electrons. The molecule has 0 N–H and O–H groups in total. The molecule has 0 spiro atoms. The summed E-state index contributed by atoms with van der Waals surface area (Å²) >= 11 is 0. The lowest BCUT2D eigenvalue weighted by molar-refractivity contribution is -0.122. The second kappa shape index (κ2) is 6.98. The third-order valence-corrected chi connectivity index (χ3v) is 3.86. The van der Waals surface area contributed by atoms with Crippen LogP contribution in [-0.2, 0) is 4.79 Å². The zero-order valence-electron chi connectivity index (χ0n) is 12.5. The SMILES string of the molecule is CCC(=O)C(C)C(C(=O)c1ccccc1)c1ccccc1. The van der Waals surface area contributed by atoms with E-state index in [2.05, 4.69) is 0 Å². The van der Waals surface area contributed by atoms with Crippen molar-refractivity contribution in [1.82, 2.24) is 0 Å². The molecular formula is C19H20O2. The Morgan fingerprint density at radius 1 is 0.905 bits per heavy atom. The summed E-state index contributed by atoms with van der Waals surface area (Å²) in [7, 11) is 0. The molecule has 0 aromatic heterocycles. The zero-order chi connectivity index (χ0) is 15.2. The van der Waals surface area contributed by atoms with Crippen molar-refractivity contribution in [3.63, 3.8) is 0 Å². The number of Topliss-reactive ketones (excluding diaryl/α,β-unsaturated/α-hetero) is 2. The molecule has 0 heterocycles. The van der Waals surface area contributed by atoms with Crippen LogP contribution in [-0.4, -0.2) is 11.6 Å². The lowest BCUT2D eigenvalue weighted by Gasteiger charge is -2.22. The Balaban J connectivity index is 2.41. The van der Waals surface area contributed by atoms with Crippen LogP contribution in [0.2, 0.25) is 0 Å². The average molecular weight is 280 g/mol. The third-order valence-electron chi connectivity index (χ3n) is 3.86. The van der Waals surface area contributed by atoms with Crippen molar-refractivity contribution in [3.05, 3.63) is 71.8 Å². The first-order valence-electron chi connectivity index (χ1n) is 7.32. The molecule has 0 aliphatic heterocycles. The van der Waals surface area contributed by atoms with Gasteiger partial charge in [0.15, 0.2) is 5.78 Å². The lowest BCUT2D eigenvalue weighted by atomic mass is 9.79. The predicted octanol–water partition coefficient (Wildman–Crippen LogP) is 4.27. The summed E-state index contributed by atoms with van der Waals surface area (Å²) in [6, 6.07) is 18.8. The van der Waals surface area contributed by atoms with Crippen LogP contribution in [0.15, 0.2) is 60.7 Å². The molecule has 2 atom stereocenters. The van der Waals surface area contributed by atoms with Crippen molar-refractivity contribution < 1.29 is 9.59 Å². The van der Waals surface area contributed by atoms with Gasteiger partial charge in [0.2, 0.25) is 0 Å². The number of ketones is 2. The Hall–Kier alpha value is -2.22. The van der Waals surface area contributed by atoms with Crippen molar-refractivity contribution >= 4 is 11.6 Å². The average Bonchev–Trinajstić information content (AvgIpc) is 2.56. The fourth-order valence-corrected chi connectivity index (χ4v) is 2.62. The van der Waals surface area contributed by atoms with Crippen molar-refractivity contribution in [3.8, 4) is 0 Å². The smallest absolute Gasteiger partial charge is 0.171 e. The fourth-order valence-electron chi connectivity index (χ4n) is 2.62. The van der Waals surface area contributed by atoms with E-state index < -0.39 is 5.92 Å². The maximum absolute atomic E-state index is 12.9. The van der Waals surface area contributed by atoms with Crippen molar-refractivity contribution in [1.29, 1.82) is 0 Å². The summed E-state index contributed by atoms with van der Waals surface area (Å²) in [5.41, 5.74) is 1.56. The van der Waals surface area contributed by atoms with Gasteiger partial charge in [-0.1, -0.05) is 74.5 Å². The van der Waals surface area contributed by atoms with Crippen LogP contribution in [0.3, 0.4) is 0 Å². The summed E-state index contributed by atoms with van der Waals surface area (Å²) in [6.07, 6.45) is 0.451. The van der Waals surface area contributed by atoms with Gasteiger partial charge in [-0.2, -0.15) is 0 Å². The molecule has 2 aromatic carbocycles. The molecule has 0 saturated heterocycles. The van der Waals surface area contributed by atoms with Crippen LogP contribution in [0.5, 0.6) is 0 Å². The van der Waals surface area contributed by atoms with E-state index in [0.29, 0.717) is 12.0 Å². The molecule has 0 amide bonds. The molecular weight excluding hydrogens is 260 g/mol. The Bertz CT molecular complexity index is 602. The summed E-state index contributed by atoms with van der Waals surface area (Å²) < 4.78 is 0. The summed E-state index contributed by atoms with van der Waals surface area (Å²) in [5.74, 6) is -0.601. The van der Waals surface area contributed by atoms with Gasteiger partial charge in [0, 0.05) is 17.9 Å². The fraction of sp³-hybridized carbons (Fsp3) is 0.263.